The molecule has 0 bridgehead atoms. The average Bonchev–Trinajstić information content (AvgIpc) is 2.09. The second kappa shape index (κ2) is 7.24. The monoisotopic (exact) mass is 201 g/mol. The summed E-state index contributed by atoms with van der Waals surface area (Å²) >= 11 is 0. The van der Waals surface area contributed by atoms with E-state index in [0.717, 1.165) is 6.42 Å². The van der Waals surface area contributed by atoms with E-state index >= 15 is 0 Å². The number of aliphatic hydroxyl groups is 1. The van der Waals surface area contributed by atoms with Gasteiger partial charge in [0.2, 0.25) is 0 Å². The van der Waals surface area contributed by atoms with Crippen molar-refractivity contribution >= 4 is 0 Å². The summed E-state index contributed by atoms with van der Waals surface area (Å²) in [6.07, 6.45) is 8.84. The third kappa shape index (κ3) is 7.34. The van der Waals surface area contributed by atoms with E-state index in [1.54, 1.807) is 6.92 Å². The van der Waals surface area contributed by atoms with Crippen LogP contribution in [0.3, 0.4) is 0 Å². The smallest absolute Gasteiger partial charge is 0.113 e. The highest BCUT2D eigenvalue weighted by molar-refractivity contribution is 4.71. The van der Waals surface area contributed by atoms with Crippen LogP contribution < -0.4 is 5.73 Å². The first-order chi connectivity index (χ1) is 6.48. The van der Waals surface area contributed by atoms with Crippen LogP contribution in [0.4, 0.5) is 0 Å². The van der Waals surface area contributed by atoms with Gasteiger partial charge < -0.3 is 10.8 Å². The minimum Gasteiger partial charge on any atom is -0.376 e. The molecule has 3 N–H and O–H groups in total. The summed E-state index contributed by atoms with van der Waals surface area (Å²) in [5.41, 5.74) is 4.60. The third-order valence-corrected chi connectivity index (χ3v) is 2.99. The van der Waals surface area contributed by atoms with Crippen molar-refractivity contribution in [2.24, 2.45) is 11.7 Å². The number of hydrogen-bond donors (Lipinski definition) is 2. The first-order valence-corrected chi connectivity index (χ1v) is 5.99. The van der Waals surface area contributed by atoms with Gasteiger partial charge in [-0.3, -0.25) is 0 Å². The van der Waals surface area contributed by atoms with Crippen molar-refractivity contribution in [2.75, 3.05) is 0 Å². The van der Waals surface area contributed by atoms with Crippen molar-refractivity contribution in [3.8, 4) is 0 Å². The Labute approximate surface area is 88.9 Å². The SMILES string of the molecule is CCCCCCCCC(C)C(C)(N)O. The zero-order valence-corrected chi connectivity index (χ0v) is 10.1. The molecular weight excluding hydrogens is 174 g/mol. The molecule has 2 heteroatoms. The lowest BCUT2D eigenvalue weighted by molar-refractivity contribution is 0.00810. The van der Waals surface area contributed by atoms with E-state index in [4.69, 9.17) is 5.73 Å². The molecule has 86 valence electrons. The molecule has 0 rings (SSSR count). The van der Waals surface area contributed by atoms with E-state index in [9.17, 15) is 5.11 Å². The minimum atomic E-state index is -0.997. The van der Waals surface area contributed by atoms with Gasteiger partial charge in [0, 0.05) is 0 Å². The lowest BCUT2D eigenvalue weighted by Crippen LogP contribution is -2.42. The highest BCUT2D eigenvalue weighted by atomic mass is 16.3. The minimum absolute atomic E-state index is 0.202. The Morgan fingerprint density at radius 3 is 2.14 bits per heavy atom. The summed E-state index contributed by atoms with van der Waals surface area (Å²) in [4.78, 5) is 0. The zero-order valence-electron chi connectivity index (χ0n) is 10.1. The number of unbranched alkanes of at least 4 members (excludes halogenated alkanes) is 5. The van der Waals surface area contributed by atoms with Gasteiger partial charge in [0.25, 0.3) is 0 Å². The van der Waals surface area contributed by atoms with Crippen molar-refractivity contribution in [1.82, 2.24) is 0 Å². The van der Waals surface area contributed by atoms with Crippen LogP contribution in [0, 0.1) is 5.92 Å². The lowest BCUT2D eigenvalue weighted by atomic mass is 9.93. The van der Waals surface area contributed by atoms with Gasteiger partial charge in [0.1, 0.15) is 5.72 Å². The first-order valence-electron chi connectivity index (χ1n) is 5.99. The topological polar surface area (TPSA) is 46.2 Å². The fraction of sp³-hybridized carbons (Fsp3) is 1.00. The maximum absolute atomic E-state index is 9.50. The van der Waals surface area contributed by atoms with E-state index in [2.05, 4.69) is 6.92 Å². The van der Waals surface area contributed by atoms with Crippen LogP contribution in [0.5, 0.6) is 0 Å². The third-order valence-electron chi connectivity index (χ3n) is 2.99. The van der Waals surface area contributed by atoms with Crippen molar-refractivity contribution in [3.63, 3.8) is 0 Å². The number of rotatable bonds is 8. The Kier molecular flexibility index (Phi) is 7.20. The van der Waals surface area contributed by atoms with Crippen LogP contribution >= 0.6 is 0 Å². The molecule has 14 heavy (non-hydrogen) atoms. The van der Waals surface area contributed by atoms with Crippen molar-refractivity contribution in [1.29, 1.82) is 0 Å². The quantitative estimate of drug-likeness (QED) is 0.468. The molecule has 0 spiro atoms. The normalized spacial score (nSPS) is 17.8. The fourth-order valence-electron chi connectivity index (χ4n) is 1.52. The molecule has 2 unspecified atom stereocenters. The Balaban J connectivity index is 3.28. The Morgan fingerprint density at radius 2 is 1.64 bits per heavy atom. The van der Waals surface area contributed by atoms with Crippen LogP contribution in [0.25, 0.3) is 0 Å². The predicted molar refractivity (Wildman–Crippen MR) is 62.0 cm³/mol. The molecule has 0 aliphatic heterocycles. The molecule has 0 aliphatic carbocycles. The Bertz CT molecular complexity index is 129. The highest BCUT2D eigenvalue weighted by Crippen LogP contribution is 2.18. The van der Waals surface area contributed by atoms with Gasteiger partial charge in [0.05, 0.1) is 0 Å². The van der Waals surface area contributed by atoms with Gasteiger partial charge in [-0.15, -0.1) is 0 Å². The van der Waals surface area contributed by atoms with Crippen molar-refractivity contribution in [2.45, 2.75) is 71.4 Å². The molecule has 0 fully saturated rings. The molecule has 0 aromatic heterocycles. The van der Waals surface area contributed by atoms with Crippen LogP contribution in [0.15, 0.2) is 0 Å². The van der Waals surface area contributed by atoms with E-state index < -0.39 is 5.72 Å². The fourth-order valence-corrected chi connectivity index (χ4v) is 1.52. The predicted octanol–water partition coefficient (Wildman–Crippen LogP) is 3.04. The standard InChI is InChI=1S/C12H27NO/c1-4-5-6-7-8-9-10-11(2)12(3,13)14/h11,14H,4-10,13H2,1-3H3. The molecule has 0 aromatic carbocycles. The highest BCUT2D eigenvalue weighted by Gasteiger charge is 2.21. The van der Waals surface area contributed by atoms with Gasteiger partial charge in [-0.25, -0.2) is 0 Å². The van der Waals surface area contributed by atoms with Gasteiger partial charge in [-0.1, -0.05) is 52.4 Å². The maximum atomic E-state index is 9.50. The first kappa shape index (κ1) is 13.9. The van der Waals surface area contributed by atoms with Crippen LogP contribution in [-0.2, 0) is 0 Å². The number of hydrogen-bond acceptors (Lipinski definition) is 2. The van der Waals surface area contributed by atoms with Gasteiger partial charge in [-0.2, -0.15) is 0 Å². The molecule has 0 heterocycles. The maximum Gasteiger partial charge on any atom is 0.113 e. The molecule has 2 atom stereocenters. The average molecular weight is 201 g/mol. The van der Waals surface area contributed by atoms with Gasteiger partial charge in [-0.05, 0) is 19.3 Å². The Hall–Kier alpha value is -0.0800. The summed E-state index contributed by atoms with van der Waals surface area (Å²) in [6, 6.07) is 0. The van der Waals surface area contributed by atoms with E-state index in [-0.39, 0.29) is 5.92 Å². The summed E-state index contributed by atoms with van der Waals surface area (Å²) in [5.74, 6) is 0.202. The van der Waals surface area contributed by atoms with Gasteiger partial charge in [0.15, 0.2) is 0 Å². The molecule has 0 aromatic rings. The summed E-state index contributed by atoms with van der Waals surface area (Å²) in [7, 11) is 0. The molecule has 0 amide bonds. The molecule has 0 radical (unpaired) electrons. The molecule has 2 nitrogen and oxygen atoms in total. The molecule has 0 aliphatic rings. The van der Waals surface area contributed by atoms with Crippen LogP contribution in [-0.4, -0.2) is 10.8 Å². The Morgan fingerprint density at radius 1 is 1.14 bits per heavy atom. The van der Waals surface area contributed by atoms with Gasteiger partial charge >= 0.3 is 0 Å². The largest absolute Gasteiger partial charge is 0.376 e. The second-order valence-electron chi connectivity index (χ2n) is 4.68. The summed E-state index contributed by atoms with van der Waals surface area (Å²) < 4.78 is 0. The summed E-state index contributed by atoms with van der Waals surface area (Å²) in [5, 5.41) is 9.50. The number of nitrogens with two attached hydrogens (primary N) is 1. The van der Waals surface area contributed by atoms with Crippen molar-refractivity contribution < 1.29 is 5.11 Å². The second-order valence-corrected chi connectivity index (χ2v) is 4.68. The van der Waals surface area contributed by atoms with Crippen molar-refractivity contribution in [3.05, 3.63) is 0 Å². The van der Waals surface area contributed by atoms with Crippen LogP contribution in [0.1, 0.15) is 65.7 Å². The van der Waals surface area contributed by atoms with E-state index in [1.165, 1.54) is 38.5 Å². The summed E-state index contributed by atoms with van der Waals surface area (Å²) in [6.45, 7) is 5.94. The van der Waals surface area contributed by atoms with E-state index in [0.29, 0.717) is 0 Å². The van der Waals surface area contributed by atoms with Crippen LogP contribution in [0.2, 0.25) is 0 Å². The molecular formula is C12H27NO. The molecule has 0 saturated heterocycles. The molecule has 0 saturated carbocycles. The zero-order chi connectivity index (χ0) is 11.0. The van der Waals surface area contributed by atoms with E-state index in [1.807, 2.05) is 6.92 Å². The lowest BCUT2D eigenvalue weighted by Gasteiger charge is -2.25.